The van der Waals surface area contributed by atoms with Gasteiger partial charge < -0.3 is 0 Å². The zero-order chi connectivity index (χ0) is 11.1. The van der Waals surface area contributed by atoms with E-state index in [4.69, 9.17) is 0 Å². The Morgan fingerprint density at radius 2 is 2.27 bits per heavy atom. The molecular formula is C11H17N3O. The normalized spacial score (nSPS) is 10.0. The van der Waals surface area contributed by atoms with Crippen molar-refractivity contribution in [2.75, 3.05) is 5.32 Å². The van der Waals surface area contributed by atoms with Gasteiger partial charge in [-0.15, -0.1) is 0 Å². The van der Waals surface area contributed by atoms with Crippen LogP contribution in [-0.2, 0) is 4.79 Å². The molecule has 0 aromatic carbocycles. The molecule has 0 bridgehead atoms. The highest BCUT2D eigenvalue weighted by atomic mass is 16.1. The van der Waals surface area contributed by atoms with Gasteiger partial charge in [-0.05, 0) is 19.4 Å². The van der Waals surface area contributed by atoms with Crippen molar-refractivity contribution in [1.82, 2.24) is 9.97 Å². The Hall–Kier alpha value is -1.45. The number of hydrogen-bond acceptors (Lipinski definition) is 3. The largest absolute Gasteiger partial charge is 0.295 e. The lowest BCUT2D eigenvalue weighted by Gasteiger charge is -2.03. The number of anilines is 1. The number of aryl methyl sites for hydroxylation is 1. The van der Waals surface area contributed by atoms with Gasteiger partial charge in [-0.2, -0.15) is 0 Å². The van der Waals surface area contributed by atoms with Crippen molar-refractivity contribution in [3.63, 3.8) is 0 Å². The molecular weight excluding hydrogens is 190 g/mol. The van der Waals surface area contributed by atoms with Crippen LogP contribution in [0.25, 0.3) is 0 Å². The topological polar surface area (TPSA) is 54.9 Å². The summed E-state index contributed by atoms with van der Waals surface area (Å²) in [5.41, 5.74) is 0.855. The van der Waals surface area contributed by atoms with E-state index in [0.29, 0.717) is 12.4 Å². The summed E-state index contributed by atoms with van der Waals surface area (Å²) < 4.78 is 0. The Kier molecular flexibility index (Phi) is 4.74. The fourth-order valence-electron chi connectivity index (χ4n) is 1.23. The summed E-state index contributed by atoms with van der Waals surface area (Å²) in [5.74, 6) is 0.394. The zero-order valence-corrected chi connectivity index (χ0v) is 9.29. The molecule has 1 aromatic heterocycles. The van der Waals surface area contributed by atoms with E-state index < -0.39 is 0 Å². The molecule has 1 aromatic rings. The lowest BCUT2D eigenvalue weighted by atomic mass is 10.2. The highest BCUT2D eigenvalue weighted by Gasteiger charge is 2.03. The SMILES string of the molecule is CCCCCC(=O)Nc1nccc(C)n1. The third-order valence-corrected chi connectivity index (χ3v) is 2.05. The monoisotopic (exact) mass is 207 g/mol. The molecule has 4 heteroatoms. The second-order valence-corrected chi connectivity index (χ2v) is 3.53. The van der Waals surface area contributed by atoms with Crippen molar-refractivity contribution in [3.05, 3.63) is 18.0 Å². The summed E-state index contributed by atoms with van der Waals surface area (Å²) in [6.07, 6.45) is 5.32. The molecule has 0 radical (unpaired) electrons. The Morgan fingerprint density at radius 3 is 2.93 bits per heavy atom. The molecule has 0 saturated carbocycles. The molecule has 0 unspecified atom stereocenters. The van der Waals surface area contributed by atoms with Gasteiger partial charge in [-0.1, -0.05) is 19.8 Å². The first-order valence-electron chi connectivity index (χ1n) is 5.32. The van der Waals surface area contributed by atoms with E-state index in [0.717, 1.165) is 25.0 Å². The number of aromatic nitrogens is 2. The molecule has 1 amide bonds. The molecule has 0 spiro atoms. The average Bonchev–Trinajstić information content (AvgIpc) is 2.18. The van der Waals surface area contributed by atoms with Crippen molar-refractivity contribution < 1.29 is 4.79 Å². The minimum atomic E-state index is -0.00551. The second kappa shape index (κ2) is 6.11. The Labute approximate surface area is 90.1 Å². The molecule has 1 heterocycles. The maximum atomic E-state index is 11.4. The van der Waals surface area contributed by atoms with Crippen LogP contribution < -0.4 is 5.32 Å². The quantitative estimate of drug-likeness (QED) is 0.754. The van der Waals surface area contributed by atoms with E-state index in [1.165, 1.54) is 0 Å². The van der Waals surface area contributed by atoms with E-state index in [9.17, 15) is 4.79 Å². The standard InChI is InChI=1S/C11H17N3O/c1-3-4-5-6-10(15)14-11-12-8-7-9(2)13-11/h7-8H,3-6H2,1-2H3,(H,12,13,14,15). The number of unbranched alkanes of at least 4 members (excludes halogenated alkanes) is 2. The molecule has 0 aliphatic rings. The van der Waals surface area contributed by atoms with Gasteiger partial charge in [0.25, 0.3) is 0 Å². The summed E-state index contributed by atoms with van der Waals surface area (Å²) in [5, 5.41) is 2.68. The lowest BCUT2D eigenvalue weighted by molar-refractivity contribution is -0.116. The Balaban J connectivity index is 2.37. The van der Waals surface area contributed by atoms with Crippen LogP contribution in [-0.4, -0.2) is 15.9 Å². The van der Waals surface area contributed by atoms with Crippen LogP contribution >= 0.6 is 0 Å². The average molecular weight is 207 g/mol. The first-order chi connectivity index (χ1) is 7.22. The van der Waals surface area contributed by atoms with Gasteiger partial charge >= 0.3 is 0 Å². The van der Waals surface area contributed by atoms with E-state index in [-0.39, 0.29) is 5.91 Å². The first kappa shape index (κ1) is 11.6. The van der Waals surface area contributed by atoms with Crippen LogP contribution in [0.5, 0.6) is 0 Å². The summed E-state index contributed by atoms with van der Waals surface area (Å²) in [4.78, 5) is 19.5. The van der Waals surface area contributed by atoms with Gasteiger partial charge in [0.15, 0.2) is 0 Å². The molecule has 1 N–H and O–H groups in total. The van der Waals surface area contributed by atoms with Crippen LogP contribution in [0.15, 0.2) is 12.3 Å². The van der Waals surface area contributed by atoms with Gasteiger partial charge in [0.2, 0.25) is 11.9 Å². The summed E-state index contributed by atoms with van der Waals surface area (Å²) in [7, 11) is 0. The lowest BCUT2D eigenvalue weighted by Crippen LogP contribution is -2.13. The minimum Gasteiger partial charge on any atom is -0.295 e. The molecule has 4 nitrogen and oxygen atoms in total. The summed E-state index contributed by atoms with van der Waals surface area (Å²) >= 11 is 0. The second-order valence-electron chi connectivity index (χ2n) is 3.53. The maximum absolute atomic E-state index is 11.4. The molecule has 0 atom stereocenters. The third-order valence-electron chi connectivity index (χ3n) is 2.05. The van der Waals surface area contributed by atoms with Gasteiger partial charge in [0, 0.05) is 18.3 Å². The highest BCUT2D eigenvalue weighted by molar-refractivity contribution is 5.88. The smallest absolute Gasteiger partial charge is 0.229 e. The van der Waals surface area contributed by atoms with Gasteiger partial charge in [-0.3, -0.25) is 10.1 Å². The number of carbonyl (C=O) groups is 1. The molecule has 0 saturated heterocycles. The Morgan fingerprint density at radius 1 is 1.47 bits per heavy atom. The summed E-state index contributed by atoms with van der Waals surface area (Å²) in [6.45, 7) is 3.98. The first-order valence-corrected chi connectivity index (χ1v) is 5.32. The fourth-order valence-corrected chi connectivity index (χ4v) is 1.23. The van der Waals surface area contributed by atoms with Crippen LogP contribution in [0.2, 0.25) is 0 Å². The molecule has 82 valence electrons. The molecule has 1 rings (SSSR count). The van der Waals surface area contributed by atoms with E-state index in [1.54, 1.807) is 12.3 Å². The number of nitrogens with zero attached hydrogens (tertiary/aromatic N) is 2. The van der Waals surface area contributed by atoms with Crippen LogP contribution in [0.3, 0.4) is 0 Å². The number of carbonyl (C=O) groups excluding carboxylic acids is 1. The van der Waals surface area contributed by atoms with Gasteiger partial charge in [0.1, 0.15) is 0 Å². The number of amides is 1. The van der Waals surface area contributed by atoms with Gasteiger partial charge in [-0.25, -0.2) is 9.97 Å². The van der Waals surface area contributed by atoms with E-state index in [1.807, 2.05) is 6.92 Å². The van der Waals surface area contributed by atoms with Crippen LogP contribution in [0.4, 0.5) is 5.95 Å². The number of rotatable bonds is 5. The molecule has 0 aliphatic carbocycles. The number of nitrogens with one attached hydrogen (secondary N) is 1. The Bertz CT molecular complexity index is 325. The molecule has 15 heavy (non-hydrogen) atoms. The molecule has 0 fully saturated rings. The van der Waals surface area contributed by atoms with Crippen molar-refractivity contribution in [1.29, 1.82) is 0 Å². The minimum absolute atomic E-state index is 0.00551. The fraction of sp³-hybridized carbons (Fsp3) is 0.545. The van der Waals surface area contributed by atoms with E-state index in [2.05, 4.69) is 22.2 Å². The van der Waals surface area contributed by atoms with Crippen molar-refractivity contribution in [3.8, 4) is 0 Å². The van der Waals surface area contributed by atoms with Crippen molar-refractivity contribution in [2.45, 2.75) is 39.5 Å². The molecule has 0 aliphatic heterocycles. The van der Waals surface area contributed by atoms with Crippen LogP contribution in [0, 0.1) is 6.92 Å². The van der Waals surface area contributed by atoms with E-state index >= 15 is 0 Å². The highest BCUT2D eigenvalue weighted by Crippen LogP contribution is 2.03. The summed E-state index contributed by atoms with van der Waals surface area (Å²) in [6, 6.07) is 1.80. The van der Waals surface area contributed by atoms with Gasteiger partial charge in [0.05, 0.1) is 0 Å². The maximum Gasteiger partial charge on any atom is 0.229 e. The third kappa shape index (κ3) is 4.54. The predicted octanol–water partition coefficient (Wildman–Crippen LogP) is 2.30. The predicted molar refractivity (Wildman–Crippen MR) is 59.5 cm³/mol. The van der Waals surface area contributed by atoms with Crippen LogP contribution in [0.1, 0.15) is 38.3 Å². The van der Waals surface area contributed by atoms with Crippen molar-refractivity contribution in [2.24, 2.45) is 0 Å². The number of hydrogen-bond donors (Lipinski definition) is 1. The van der Waals surface area contributed by atoms with Crippen molar-refractivity contribution >= 4 is 11.9 Å². The zero-order valence-electron chi connectivity index (χ0n) is 9.29.